The maximum atomic E-state index is 11.4. The van der Waals surface area contributed by atoms with Crippen LogP contribution in [0.4, 0.5) is 10.9 Å². The van der Waals surface area contributed by atoms with Gasteiger partial charge in [0.2, 0.25) is 5.95 Å². The van der Waals surface area contributed by atoms with E-state index in [1.807, 2.05) is 0 Å². The number of H-pyrrole nitrogens is 1. The number of rotatable bonds is 4. The van der Waals surface area contributed by atoms with Crippen molar-refractivity contribution in [1.29, 1.82) is 0 Å². The highest BCUT2D eigenvalue weighted by Gasteiger charge is 2.08. The second-order valence-electron chi connectivity index (χ2n) is 3.09. The normalized spacial score (nSPS) is 10.7. The average molecular weight is 265 g/mol. The number of aromatic amines is 1. The molecule has 8 nitrogen and oxygen atoms in total. The standard InChI is InChI=1S/C9H7N5O3S/c15-7(12-9-10-5-11-13-9)3-1-6-2-4-8(18-6)14(16)17/h1-5H,(H2,10,11,12,13,15)/b3-1+. The van der Waals surface area contributed by atoms with Gasteiger partial charge in [0.05, 0.1) is 4.92 Å². The molecule has 0 atom stereocenters. The number of aromatic nitrogens is 3. The van der Waals surface area contributed by atoms with Crippen LogP contribution in [0.25, 0.3) is 6.08 Å². The zero-order chi connectivity index (χ0) is 13.0. The monoisotopic (exact) mass is 265 g/mol. The first-order chi connectivity index (χ1) is 8.65. The van der Waals surface area contributed by atoms with Gasteiger partial charge in [0, 0.05) is 17.0 Å². The van der Waals surface area contributed by atoms with Crippen molar-refractivity contribution in [3.05, 3.63) is 39.5 Å². The lowest BCUT2D eigenvalue weighted by Crippen LogP contribution is -2.08. The summed E-state index contributed by atoms with van der Waals surface area (Å²) in [4.78, 5) is 25.7. The molecular weight excluding hydrogens is 258 g/mol. The molecule has 0 aliphatic rings. The molecule has 0 aliphatic carbocycles. The Labute approximate surface area is 105 Å². The Morgan fingerprint density at radius 3 is 3.00 bits per heavy atom. The number of thiophene rings is 1. The van der Waals surface area contributed by atoms with Gasteiger partial charge in [-0.3, -0.25) is 20.2 Å². The topological polar surface area (TPSA) is 114 Å². The highest BCUT2D eigenvalue weighted by molar-refractivity contribution is 7.16. The zero-order valence-electron chi connectivity index (χ0n) is 8.86. The second-order valence-corrected chi connectivity index (χ2v) is 4.18. The van der Waals surface area contributed by atoms with Gasteiger partial charge in [-0.05, 0) is 12.1 Å². The third-order valence-corrected chi connectivity index (χ3v) is 2.85. The molecule has 92 valence electrons. The van der Waals surface area contributed by atoms with Crippen molar-refractivity contribution in [2.75, 3.05) is 5.32 Å². The van der Waals surface area contributed by atoms with Crippen molar-refractivity contribution < 1.29 is 9.72 Å². The summed E-state index contributed by atoms with van der Waals surface area (Å²) in [5, 5.41) is 19.0. The number of hydrogen-bond donors (Lipinski definition) is 2. The van der Waals surface area contributed by atoms with E-state index in [1.54, 1.807) is 6.07 Å². The van der Waals surface area contributed by atoms with E-state index in [-0.39, 0.29) is 10.9 Å². The molecule has 0 unspecified atom stereocenters. The molecule has 0 saturated carbocycles. The maximum absolute atomic E-state index is 11.4. The van der Waals surface area contributed by atoms with Crippen LogP contribution in [-0.2, 0) is 4.79 Å². The van der Waals surface area contributed by atoms with Gasteiger partial charge in [-0.1, -0.05) is 11.3 Å². The van der Waals surface area contributed by atoms with Crippen molar-refractivity contribution in [2.24, 2.45) is 0 Å². The van der Waals surface area contributed by atoms with E-state index in [9.17, 15) is 14.9 Å². The van der Waals surface area contributed by atoms with Gasteiger partial charge in [-0.25, -0.2) is 5.10 Å². The summed E-state index contributed by atoms with van der Waals surface area (Å²) in [7, 11) is 0. The Morgan fingerprint density at radius 1 is 1.56 bits per heavy atom. The number of nitrogens with one attached hydrogen (secondary N) is 2. The van der Waals surface area contributed by atoms with E-state index in [0.29, 0.717) is 4.88 Å². The predicted octanol–water partition coefficient (Wildman–Crippen LogP) is 1.43. The first-order valence-electron chi connectivity index (χ1n) is 4.74. The molecule has 0 spiro atoms. The molecule has 0 aliphatic heterocycles. The molecule has 1 amide bonds. The number of nitro groups is 1. The number of carbonyl (C=O) groups is 1. The lowest BCUT2D eigenvalue weighted by atomic mass is 10.4. The molecular formula is C9H7N5O3S. The number of amides is 1. The summed E-state index contributed by atoms with van der Waals surface area (Å²) in [5.74, 6) is -0.162. The van der Waals surface area contributed by atoms with E-state index in [0.717, 1.165) is 11.3 Å². The smallest absolute Gasteiger partial charge is 0.291 e. The fourth-order valence-corrected chi connectivity index (χ4v) is 1.84. The predicted molar refractivity (Wildman–Crippen MR) is 65.0 cm³/mol. The molecule has 2 heterocycles. The van der Waals surface area contributed by atoms with Gasteiger partial charge >= 0.3 is 5.00 Å². The van der Waals surface area contributed by atoms with Gasteiger partial charge in [-0.15, -0.1) is 0 Å². The summed E-state index contributed by atoms with van der Waals surface area (Å²) in [5.41, 5.74) is 0. The van der Waals surface area contributed by atoms with Crippen molar-refractivity contribution >= 4 is 34.3 Å². The van der Waals surface area contributed by atoms with Crippen LogP contribution >= 0.6 is 11.3 Å². The van der Waals surface area contributed by atoms with Crippen LogP contribution in [0, 0.1) is 10.1 Å². The number of anilines is 1. The first kappa shape index (κ1) is 11.9. The fraction of sp³-hybridized carbons (Fsp3) is 0. The molecule has 0 saturated heterocycles. The summed E-state index contributed by atoms with van der Waals surface area (Å²) in [6.07, 6.45) is 4.02. The minimum absolute atomic E-state index is 0.0327. The molecule has 0 aromatic carbocycles. The summed E-state index contributed by atoms with van der Waals surface area (Å²) in [6, 6.07) is 2.96. The highest BCUT2D eigenvalue weighted by atomic mass is 32.1. The van der Waals surface area contributed by atoms with Gasteiger partial charge in [0.1, 0.15) is 6.33 Å². The third-order valence-electron chi connectivity index (χ3n) is 1.85. The minimum Gasteiger partial charge on any atom is -0.291 e. The van der Waals surface area contributed by atoms with E-state index in [1.165, 1.54) is 24.5 Å². The van der Waals surface area contributed by atoms with Crippen molar-refractivity contribution in [2.45, 2.75) is 0 Å². The van der Waals surface area contributed by atoms with Crippen LogP contribution in [0.3, 0.4) is 0 Å². The van der Waals surface area contributed by atoms with E-state index in [2.05, 4.69) is 20.5 Å². The van der Waals surface area contributed by atoms with Gasteiger partial charge in [0.15, 0.2) is 0 Å². The molecule has 18 heavy (non-hydrogen) atoms. The molecule has 2 N–H and O–H groups in total. The average Bonchev–Trinajstić information content (AvgIpc) is 2.96. The SMILES string of the molecule is O=C(/C=C/c1ccc([N+](=O)[O-])s1)Nc1ncn[nH]1. The Kier molecular flexibility index (Phi) is 3.44. The largest absolute Gasteiger partial charge is 0.324 e. The summed E-state index contributed by atoms with van der Waals surface area (Å²) >= 11 is 0.989. The number of carbonyl (C=O) groups excluding carboxylic acids is 1. The molecule has 0 radical (unpaired) electrons. The number of hydrogen-bond acceptors (Lipinski definition) is 6. The second kappa shape index (κ2) is 5.19. The Morgan fingerprint density at radius 2 is 2.39 bits per heavy atom. The van der Waals surface area contributed by atoms with Gasteiger partial charge in [0.25, 0.3) is 5.91 Å². The van der Waals surface area contributed by atoms with Crippen LogP contribution in [-0.4, -0.2) is 26.0 Å². The van der Waals surface area contributed by atoms with Gasteiger partial charge < -0.3 is 0 Å². The third kappa shape index (κ3) is 2.98. The lowest BCUT2D eigenvalue weighted by Gasteiger charge is -1.93. The van der Waals surface area contributed by atoms with Crippen molar-refractivity contribution in [1.82, 2.24) is 15.2 Å². The minimum atomic E-state index is -0.476. The first-order valence-corrected chi connectivity index (χ1v) is 5.55. The highest BCUT2D eigenvalue weighted by Crippen LogP contribution is 2.24. The summed E-state index contributed by atoms with van der Waals surface area (Å²) in [6.45, 7) is 0. The van der Waals surface area contributed by atoms with Gasteiger partial charge in [-0.2, -0.15) is 10.1 Å². The van der Waals surface area contributed by atoms with Crippen LogP contribution in [0.15, 0.2) is 24.5 Å². The Bertz CT molecular complexity index is 589. The lowest BCUT2D eigenvalue weighted by molar-refractivity contribution is -0.380. The Hall–Kier alpha value is -2.55. The van der Waals surface area contributed by atoms with Crippen molar-refractivity contribution in [3.8, 4) is 0 Å². The van der Waals surface area contributed by atoms with Crippen LogP contribution < -0.4 is 5.32 Å². The number of nitrogens with zero attached hydrogens (tertiary/aromatic N) is 3. The van der Waals surface area contributed by atoms with Crippen LogP contribution in [0.5, 0.6) is 0 Å². The molecule has 9 heteroatoms. The van der Waals surface area contributed by atoms with E-state index < -0.39 is 10.8 Å². The van der Waals surface area contributed by atoms with Crippen LogP contribution in [0.2, 0.25) is 0 Å². The molecule has 0 fully saturated rings. The quantitative estimate of drug-likeness (QED) is 0.493. The molecule has 2 aromatic rings. The maximum Gasteiger partial charge on any atom is 0.324 e. The molecule has 2 rings (SSSR count). The zero-order valence-corrected chi connectivity index (χ0v) is 9.68. The summed E-state index contributed by atoms with van der Waals surface area (Å²) < 4.78 is 0. The molecule has 2 aromatic heterocycles. The fourth-order valence-electron chi connectivity index (χ4n) is 1.11. The van der Waals surface area contributed by atoms with E-state index >= 15 is 0 Å². The molecule has 0 bridgehead atoms. The van der Waals surface area contributed by atoms with E-state index in [4.69, 9.17) is 0 Å². The Balaban J connectivity index is 1.97. The van der Waals surface area contributed by atoms with Crippen LogP contribution in [0.1, 0.15) is 4.88 Å². The van der Waals surface area contributed by atoms with Crippen molar-refractivity contribution in [3.63, 3.8) is 0 Å².